The van der Waals surface area contributed by atoms with Gasteiger partial charge in [-0.05, 0) is 132 Å². The van der Waals surface area contributed by atoms with Gasteiger partial charge in [-0.2, -0.15) is 0 Å². The smallest absolute Gasteiger partial charge is 0.311 e. The molecule has 16 nitrogen and oxygen atoms in total. The molecular formula is C50H67N3O13. The normalized spacial score (nSPS) is 10.1. The van der Waals surface area contributed by atoms with Gasteiger partial charge in [-0.1, -0.05) is 38.5 Å². The Morgan fingerprint density at radius 1 is 0.364 bits per heavy atom. The number of ether oxygens (including phenoxy) is 3. The second-order valence-electron chi connectivity index (χ2n) is 15.3. The Morgan fingerprint density at radius 3 is 0.803 bits per heavy atom. The lowest BCUT2D eigenvalue weighted by Crippen LogP contribution is -2.17. The fourth-order valence-electron chi connectivity index (χ4n) is 5.85. The van der Waals surface area contributed by atoms with Crippen molar-refractivity contribution < 1.29 is 62.6 Å². The zero-order valence-electron chi connectivity index (χ0n) is 39.0. The molecule has 0 aliphatic carbocycles. The maximum absolute atomic E-state index is 11.7. The van der Waals surface area contributed by atoms with E-state index in [1.165, 1.54) is 20.8 Å². The summed E-state index contributed by atoms with van der Waals surface area (Å²) in [6.45, 7) is 4.46. The number of unbranched alkanes of at least 4 members (excludes halogenated alkanes) is 9. The van der Waals surface area contributed by atoms with Crippen LogP contribution in [0.5, 0.6) is 17.2 Å². The molecular weight excluding hydrogens is 851 g/mol. The van der Waals surface area contributed by atoms with Gasteiger partial charge in [-0.3, -0.25) is 48.4 Å². The minimum absolute atomic E-state index is 0.0189. The minimum Gasteiger partial charge on any atom is -0.427 e. The fraction of sp³-hybridized carbons (Fsp3) is 0.460. The van der Waals surface area contributed by atoms with Gasteiger partial charge >= 0.3 is 17.9 Å². The minimum atomic E-state index is -0.395. The highest BCUT2D eigenvalue weighted by Crippen LogP contribution is 2.17. The van der Waals surface area contributed by atoms with Crippen LogP contribution < -0.4 is 30.3 Å². The lowest BCUT2D eigenvalue weighted by Gasteiger charge is -2.05. The van der Waals surface area contributed by atoms with Gasteiger partial charge in [0.1, 0.15) is 17.2 Å². The molecule has 3 aromatic carbocycles. The Bertz CT molecular complexity index is 1750. The molecule has 0 bridgehead atoms. The van der Waals surface area contributed by atoms with Gasteiger partial charge in [0.05, 0.1) is 0 Å². The number of Topliss-reactive ketones (excluding diaryl/α,β-unsaturated/α-hetero) is 3. The number of hydrogen-bond donors (Lipinski definition) is 4. The van der Waals surface area contributed by atoms with Crippen LogP contribution in [0.15, 0.2) is 72.8 Å². The van der Waals surface area contributed by atoms with Crippen molar-refractivity contribution in [3.05, 3.63) is 89.5 Å². The van der Waals surface area contributed by atoms with E-state index in [4.69, 9.17) is 19.4 Å². The van der Waals surface area contributed by atoms with Crippen molar-refractivity contribution in [2.75, 3.05) is 14.1 Å². The highest BCUT2D eigenvalue weighted by Gasteiger charge is 2.09. The lowest BCUT2D eigenvalue weighted by molar-refractivity contribution is -0.135. The van der Waals surface area contributed by atoms with Crippen LogP contribution in [-0.2, 0) is 28.8 Å². The van der Waals surface area contributed by atoms with E-state index in [2.05, 4.69) is 10.6 Å². The first-order chi connectivity index (χ1) is 31.6. The van der Waals surface area contributed by atoms with Crippen molar-refractivity contribution in [3.8, 4) is 17.2 Å². The summed E-state index contributed by atoms with van der Waals surface area (Å²) in [6, 6.07) is 19.5. The van der Waals surface area contributed by atoms with Gasteiger partial charge in [0.15, 0.2) is 17.3 Å². The second-order valence-corrected chi connectivity index (χ2v) is 15.3. The van der Waals surface area contributed by atoms with Crippen molar-refractivity contribution in [1.29, 1.82) is 0 Å². The lowest BCUT2D eigenvalue weighted by atomic mass is 10.1. The summed E-state index contributed by atoms with van der Waals surface area (Å²) in [6.07, 6.45) is 12.2. The topological polar surface area (TPSA) is 238 Å². The van der Waals surface area contributed by atoms with Gasteiger partial charge in [-0.15, -0.1) is 0 Å². The standard InChI is InChI=1S/2C17H23NO4.C16H21NO5/c2*1-13(19)14-9-11-15(12-10-14)22-17(21)8-6-4-3-5-7-16(20)18-2;1-12(18)13-8-10-14(11-9-13)22-16(20)7-5-3-2-4-6-15(19)17-21/h2*9-12H,3-8H2,1-2H3,(H,18,20);8-11,21H,2-7H2,1H3,(H,17,19). The third kappa shape index (κ3) is 28.3. The molecule has 0 unspecified atom stereocenters. The monoisotopic (exact) mass is 917 g/mol. The number of esters is 3. The predicted octanol–water partition coefficient (Wildman–Crippen LogP) is 8.40. The second kappa shape index (κ2) is 34.8. The number of hydrogen-bond acceptors (Lipinski definition) is 13. The number of carbonyl (C=O) groups is 9. The van der Waals surface area contributed by atoms with Crippen LogP contribution in [0.2, 0.25) is 0 Å². The number of carbonyl (C=O) groups excluding carboxylic acids is 9. The van der Waals surface area contributed by atoms with Crippen LogP contribution in [0.4, 0.5) is 0 Å². The molecule has 0 saturated carbocycles. The van der Waals surface area contributed by atoms with E-state index in [1.807, 2.05) is 0 Å². The molecule has 0 saturated heterocycles. The Kier molecular flexibility index (Phi) is 30.3. The number of ketones is 3. The van der Waals surface area contributed by atoms with E-state index in [0.717, 1.165) is 64.2 Å². The molecule has 16 heteroatoms. The molecule has 0 atom stereocenters. The highest BCUT2D eigenvalue weighted by atomic mass is 16.5. The van der Waals surface area contributed by atoms with Crippen molar-refractivity contribution >= 4 is 53.0 Å². The SMILES string of the molecule is CC(=O)c1ccc(OC(=O)CCCCCCC(=O)NO)cc1.CNC(=O)CCCCCCC(=O)Oc1ccc(C(C)=O)cc1.CNC(=O)CCCCCCC(=O)Oc1ccc(C(C)=O)cc1. The van der Waals surface area contributed by atoms with Crippen molar-refractivity contribution in [3.63, 3.8) is 0 Å². The molecule has 66 heavy (non-hydrogen) atoms. The van der Waals surface area contributed by atoms with Gasteiger partial charge in [0, 0.05) is 69.3 Å². The third-order valence-electron chi connectivity index (χ3n) is 9.76. The van der Waals surface area contributed by atoms with E-state index in [1.54, 1.807) is 92.4 Å². The summed E-state index contributed by atoms with van der Waals surface area (Å²) in [4.78, 5) is 101. The van der Waals surface area contributed by atoms with Gasteiger partial charge < -0.3 is 24.8 Å². The molecule has 0 fully saturated rings. The zero-order chi connectivity index (χ0) is 49.1. The van der Waals surface area contributed by atoms with Crippen LogP contribution in [0.1, 0.15) is 167 Å². The predicted molar refractivity (Wildman–Crippen MR) is 247 cm³/mol. The van der Waals surface area contributed by atoms with E-state index < -0.39 is 5.91 Å². The Morgan fingerprint density at radius 2 is 0.591 bits per heavy atom. The van der Waals surface area contributed by atoms with Crippen molar-refractivity contribution in [2.45, 2.75) is 136 Å². The highest BCUT2D eigenvalue weighted by molar-refractivity contribution is 5.95. The van der Waals surface area contributed by atoms with E-state index in [0.29, 0.717) is 78.9 Å². The molecule has 0 radical (unpaired) electrons. The molecule has 0 heterocycles. The molecule has 360 valence electrons. The molecule has 0 aliphatic heterocycles. The first-order valence-electron chi connectivity index (χ1n) is 22.4. The average molecular weight is 918 g/mol. The Labute approximate surface area is 387 Å². The summed E-state index contributed by atoms with van der Waals surface area (Å²) in [5.41, 5.74) is 3.34. The van der Waals surface area contributed by atoms with Crippen LogP contribution in [0.3, 0.4) is 0 Å². The van der Waals surface area contributed by atoms with Crippen molar-refractivity contribution in [1.82, 2.24) is 16.1 Å². The molecule has 4 N–H and O–H groups in total. The van der Waals surface area contributed by atoms with Crippen LogP contribution >= 0.6 is 0 Å². The summed E-state index contributed by atoms with van der Waals surface area (Å²) in [7, 11) is 3.25. The van der Waals surface area contributed by atoms with Gasteiger partial charge in [-0.25, -0.2) is 5.48 Å². The molecule has 0 aromatic heterocycles. The van der Waals surface area contributed by atoms with Crippen LogP contribution in [0.25, 0.3) is 0 Å². The van der Waals surface area contributed by atoms with Crippen LogP contribution in [0, 0.1) is 0 Å². The van der Waals surface area contributed by atoms with E-state index in [-0.39, 0.29) is 53.5 Å². The fourth-order valence-corrected chi connectivity index (χ4v) is 5.85. The Hall–Kier alpha value is -6.55. The molecule has 3 rings (SSSR count). The Balaban J connectivity index is 0.000000495. The third-order valence-corrected chi connectivity index (χ3v) is 9.76. The van der Waals surface area contributed by atoms with Gasteiger partial charge in [0.2, 0.25) is 17.7 Å². The summed E-state index contributed by atoms with van der Waals surface area (Å²) >= 11 is 0. The largest absolute Gasteiger partial charge is 0.427 e. The summed E-state index contributed by atoms with van der Waals surface area (Å²) < 4.78 is 15.6. The van der Waals surface area contributed by atoms with E-state index in [9.17, 15) is 43.2 Å². The van der Waals surface area contributed by atoms with Crippen LogP contribution in [-0.4, -0.2) is 72.3 Å². The maximum Gasteiger partial charge on any atom is 0.311 e. The number of hydroxylamine groups is 1. The number of nitrogens with one attached hydrogen (secondary N) is 3. The number of benzene rings is 3. The number of rotatable bonds is 27. The average Bonchev–Trinajstić information content (AvgIpc) is 3.30. The molecule has 3 aromatic rings. The van der Waals surface area contributed by atoms with E-state index >= 15 is 0 Å². The molecule has 0 aliphatic rings. The van der Waals surface area contributed by atoms with Gasteiger partial charge in [0.25, 0.3) is 0 Å². The zero-order valence-corrected chi connectivity index (χ0v) is 39.0. The number of amides is 3. The molecule has 0 spiro atoms. The maximum atomic E-state index is 11.7. The first kappa shape index (κ1) is 57.5. The quantitative estimate of drug-likeness (QED) is 0.0141. The summed E-state index contributed by atoms with van der Waals surface area (Å²) in [5.74, 6) is 0.0959. The van der Waals surface area contributed by atoms with Crippen molar-refractivity contribution in [2.24, 2.45) is 0 Å². The summed E-state index contributed by atoms with van der Waals surface area (Å²) in [5, 5.41) is 13.5. The first-order valence-corrected chi connectivity index (χ1v) is 22.4. The molecule has 3 amide bonds.